The van der Waals surface area contributed by atoms with E-state index >= 15 is 0 Å². The lowest BCUT2D eigenvalue weighted by Gasteiger charge is -2.24. The molecule has 0 aliphatic heterocycles. The third-order valence-corrected chi connectivity index (χ3v) is 8.88. The summed E-state index contributed by atoms with van der Waals surface area (Å²) in [5.74, 6) is 0.727. The topological polar surface area (TPSA) is 60.2 Å². The predicted molar refractivity (Wildman–Crippen MR) is 186 cm³/mol. The average molecular weight is 593 g/mol. The first-order valence-corrected chi connectivity index (χ1v) is 15.2. The molecule has 10 aromatic rings. The highest BCUT2D eigenvalue weighted by Gasteiger charge is 2.20. The van der Waals surface area contributed by atoms with E-state index in [4.69, 9.17) is 18.8 Å². The molecule has 0 aliphatic rings. The second-order valence-electron chi connectivity index (χ2n) is 11.5. The summed E-state index contributed by atoms with van der Waals surface area (Å²) in [7, 11) is 0. The third kappa shape index (κ3) is 3.64. The average Bonchev–Trinajstić information content (AvgIpc) is 3.78. The van der Waals surface area contributed by atoms with Crippen LogP contribution in [0.1, 0.15) is 0 Å². The van der Waals surface area contributed by atoms with E-state index in [1.807, 2.05) is 48.7 Å². The number of benzene rings is 5. The first kappa shape index (κ1) is 25.0. The van der Waals surface area contributed by atoms with Gasteiger partial charge in [-0.25, -0.2) is 4.98 Å². The summed E-state index contributed by atoms with van der Waals surface area (Å²) < 4.78 is 14.6. The Morgan fingerprint density at radius 3 is 1.76 bits per heavy atom. The van der Waals surface area contributed by atoms with Crippen LogP contribution in [0.25, 0.3) is 71.6 Å². The fourth-order valence-electron chi connectivity index (χ4n) is 6.81. The van der Waals surface area contributed by atoms with Gasteiger partial charge in [0.2, 0.25) is 11.4 Å². The molecule has 6 heteroatoms. The number of nitrogens with zero attached hydrogens (tertiary/aromatic N) is 4. The fraction of sp³-hybridized carbons (Fsp3) is 0. The summed E-state index contributed by atoms with van der Waals surface area (Å²) in [4.78, 5) is 11.9. The van der Waals surface area contributed by atoms with Crippen molar-refractivity contribution in [2.24, 2.45) is 0 Å². The van der Waals surface area contributed by atoms with Gasteiger partial charge in [-0.05, 0) is 66.7 Å². The highest BCUT2D eigenvalue weighted by atomic mass is 16.3. The Balaban J connectivity index is 1.17. The molecular formula is C40H24N4O2. The number of anilines is 3. The zero-order chi connectivity index (χ0) is 30.2. The van der Waals surface area contributed by atoms with E-state index in [9.17, 15) is 0 Å². The van der Waals surface area contributed by atoms with Crippen LogP contribution in [0.15, 0.2) is 155 Å². The highest BCUT2D eigenvalue weighted by molar-refractivity contribution is 6.09. The molecule has 5 heterocycles. The van der Waals surface area contributed by atoms with E-state index in [2.05, 4.69) is 107 Å². The van der Waals surface area contributed by atoms with Crippen LogP contribution in [0.4, 0.5) is 17.2 Å². The van der Waals surface area contributed by atoms with Crippen LogP contribution in [0.5, 0.6) is 0 Å². The number of para-hydroxylation sites is 4. The Labute approximate surface area is 262 Å². The van der Waals surface area contributed by atoms with Crippen molar-refractivity contribution in [1.29, 1.82) is 0 Å². The zero-order valence-electron chi connectivity index (χ0n) is 24.5. The van der Waals surface area contributed by atoms with Gasteiger partial charge in [-0.15, -0.1) is 0 Å². The second kappa shape index (κ2) is 9.55. The minimum absolute atomic E-state index is 0.591. The van der Waals surface area contributed by atoms with Gasteiger partial charge in [0.05, 0.1) is 28.3 Å². The summed E-state index contributed by atoms with van der Waals surface area (Å²) in [6.45, 7) is 0. The third-order valence-electron chi connectivity index (χ3n) is 8.88. The molecule has 10 rings (SSSR count). The van der Waals surface area contributed by atoms with Crippen molar-refractivity contribution in [2.75, 3.05) is 4.90 Å². The number of furan rings is 2. The van der Waals surface area contributed by atoms with E-state index in [1.54, 1.807) is 0 Å². The molecule has 0 atom stereocenters. The number of hydrogen-bond acceptors (Lipinski definition) is 5. The maximum Gasteiger partial charge on any atom is 0.229 e. The summed E-state index contributed by atoms with van der Waals surface area (Å²) in [5.41, 5.74) is 8.06. The highest BCUT2D eigenvalue weighted by Crippen LogP contribution is 2.39. The molecule has 0 fully saturated rings. The molecule has 5 aromatic carbocycles. The second-order valence-corrected chi connectivity index (χ2v) is 11.5. The first-order chi connectivity index (χ1) is 22.8. The monoisotopic (exact) mass is 592 g/mol. The molecule has 0 amide bonds. The molecule has 0 aliphatic carbocycles. The smallest absolute Gasteiger partial charge is 0.229 e. The van der Waals surface area contributed by atoms with Crippen LogP contribution >= 0.6 is 0 Å². The van der Waals surface area contributed by atoms with Gasteiger partial charge in [0, 0.05) is 38.3 Å². The van der Waals surface area contributed by atoms with E-state index in [1.165, 1.54) is 21.8 Å². The lowest BCUT2D eigenvalue weighted by atomic mass is 10.1. The molecule has 0 saturated carbocycles. The van der Waals surface area contributed by atoms with Gasteiger partial charge >= 0.3 is 0 Å². The zero-order valence-corrected chi connectivity index (χ0v) is 24.5. The lowest BCUT2D eigenvalue weighted by Crippen LogP contribution is -2.12. The van der Waals surface area contributed by atoms with Gasteiger partial charge in [0.25, 0.3) is 0 Å². The molecule has 0 saturated heterocycles. The Morgan fingerprint density at radius 2 is 1.07 bits per heavy atom. The predicted octanol–water partition coefficient (Wildman–Crippen LogP) is 10.8. The number of aromatic nitrogens is 3. The Kier molecular flexibility index (Phi) is 5.19. The molecule has 0 bridgehead atoms. The van der Waals surface area contributed by atoms with Crippen LogP contribution in [0, 0.1) is 0 Å². The molecule has 216 valence electrons. The molecule has 0 radical (unpaired) electrons. The first-order valence-electron chi connectivity index (χ1n) is 15.2. The van der Waals surface area contributed by atoms with Gasteiger partial charge in [0.1, 0.15) is 17.0 Å². The van der Waals surface area contributed by atoms with Crippen molar-refractivity contribution in [2.45, 2.75) is 0 Å². The molecule has 0 spiro atoms. The minimum atomic E-state index is 0.591. The SMILES string of the molecule is c1ccc2c(c1)oc1ncc(N(c3ccc(-n4c5ccccc5c5ccccc54)cc3)c3ccc4c(n3)oc3ccccc34)cc12. The standard InChI is InChI=1S/C40H24N4O2/c1-5-13-34-28(9-1)29-10-2-6-14-35(29)44(34)26-19-17-25(18-20-26)43(27-23-33-31-12-4-8-16-37(31)45-39(33)41-24-27)38-22-21-32-30-11-3-7-15-36(30)46-40(32)42-38/h1-24H. The van der Waals surface area contributed by atoms with Crippen LogP contribution in [0.3, 0.4) is 0 Å². The van der Waals surface area contributed by atoms with Crippen molar-refractivity contribution in [3.8, 4) is 5.69 Å². The van der Waals surface area contributed by atoms with Gasteiger partial charge < -0.3 is 13.4 Å². The number of hydrogen-bond donors (Lipinski definition) is 0. The van der Waals surface area contributed by atoms with Crippen molar-refractivity contribution >= 4 is 83.1 Å². The van der Waals surface area contributed by atoms with Gasteiger partial charge in [-0.1, -0.05) is 72.8 Å². The number of rotatable bonds is 4. The van der Waals surface area contributed by atoms with Crippen molar-refractivity contribution in [3.63, 3.8) is 0 Å². The van der Waals surface area contributed by atoms with E-state index in [0.717, 1.165) is 55.6 Å². The normalized spacial score (nSPS) is 11.9. The Hall–Kier alpha value is -6.40. The van der Waals surface area contributed by atoms with Gasteiger partial charge in [0.15, 0.2) is 0 Å². The molecule has 0 N–H and O–H groups in total. The Morgan fingerprint density at radius 1 is 0.478 bits per heavy atom. The summed E-state index contributed by atoms with van der Waals surface area (Å²) in [6, 6.07) is 48.1. The number of fused-ring (bicyclic) bond motifs is 9. The molecule has 5 aromatic heterocycles. The van der Waals surface area contributed by atoms with Crippen LogP contribution in [-0.2, 0) is 0 Å². The van der Waals surface area contributed by atoms with Crippen LogP contribution in [0.2, 0.25) is 0 Å². The lowest BCUT2D eigenvalue weighted by molar-refractivity contribution is 0.653. The molecule has 0 unspecified atom stereocenters. The van der Waals surface area contributed by atoms with Gasteiger partial charge in [-0.3, -0.25) is 4.90 Å². The molecular weight excluding hydrogens is 568 g/mol. The Bertz CT molecular complexity index is 2720. The summed E-state index contributed by atoms with van der Waals surface area (Å²) >= 11 is 0. The van der Waals surface area contributed by atoms with Crippen molar-refractivity contribution in [3.05, 3.63) is 146 Å². The van der Waals surface area contributed by atoms with E-state index in [-0.39, 0.29) is 0 Å². The number of pyridine rings is 2. The molecule has 46 heavy (non-hydrogen) atoms. The van der Waals surface area contributed by atoms with E-state index < -0.39 is 0 Å². The maximum atomic E-state index is 6.21. The largest absolute Gasteiger partial charge is 0.438 e. The van der Waals surface area contributed by atoms with E-state index in [0.29, 0.717) is 11.4 Å². The summed E-state index contributed by atoms with van der Waals surface area (Å²) in [6.07, 6.45) is 1.84. The van der Waals surface area contributed by atoms with Crippen LogP contribution in [-0.4, -0.2) is 14.5 Å². The van der Waals surface area contributed by atoms with Crippen molar-refractivity contribution < 1.29 is 8.83 Å². The summed E-state index contributed by atoms with van der Waals surface area (Å²) in [5, 5.41) is 6.47. The molecule has 6 nitrogen and oxygen atoms in total. The fourth-order valence-corrected chi connectivity index (χ4v) is 6.81. The quantitative estimate of drug-likeness (QED) is 0.203. The van der Waals surface area contributed by atoms with Gasteiger partial charge in [-0.2, -0.15) is 4.98 Å². The van der Waals surface area contributed by atoms with Crippen molar-refractivity contribution in [1.82, 2.24) is 14.5 Å². The minimum Gasteiger partial charge on any atom is -0.438 e. The van der Waals surface area contributed by atoms with Crippen LogP contribution < -0.4 is 4.90 Å². The maximum absolute atomic E-state index is 6.21.